The first kappa shape index (κ1) is 44.6. The molecule has 0 heterocycles. The fourth-order valence-corrected chi connectivity index (χ4v) is 4.42. The molecule has 0 N–H and O–H groups in total. The fourth-order valence-electron chi connectivity index (χ4n) is 4.42. The minimum Gasteiger partial charge on any atom is -0.404 e. The van der Waals surface area contributed by atoms with Gasteiger partial charge in [-0.05, 0) is 74.1 Å². The van der Waals surface area contributed by atoms with Crippen LogP contribution >= 0.6 is 0 Å². The molecular weight excluding hydrogens is 604 g/mol. The van der Waals surface area contributed by atoms with Gasteiger partial charge in [0.1, 0.15) is 0 Å². The van der Waals surface area contributed by atoms with Gasteiger partial charge in [0.15, 0.2) is 0 Å². The van der Waals surface area contributed by atoms with Gasteiger partial charge in [-0.3, -0.25) is 9.59 Å². The molecule has 0 radical (unpaired) electrons. The molecule has 1 unspecified atom stereocenters. The Morgan fingerprint density at radius 1 is 0.457 bits per heavy atom. The van der Waals surface area contributed by atoms with Gasteiger partial charge in [0.05, 0.1) is 39.6 Å². The van der Waals surface area contributed by atoms with Crippen LogP contribution in [0.2, 0.25) is 0 Å². The Kier molecular flexibility index (Phi) is 25.7. The van der Waals surface area contributed by atoms with Crippen LogP contribution in [0.4, 0.5) is 0 Å². The van der Waals surface area contributed by atoms with Gasteiger partial charge in [-0.1, -0.05) is 33.1 Å². The summed E-state index contributed by atoms with van der Waals surface area (Å²) in [6.45, 7) is 18.4. The quantitative estimate of drug-likeness (QED) is 0.0458. The number of hydrogen-bond acceptors (Lipinski definition) is 13. The molecule has 0 aromatic heterocycles. The lowest BCUT2D eigenvalue weighted by molar-refractivity contribution is -0.550. The largest absolute Gasteiger partial charge is 0.416 e. The van der Waals surface area contributed by atoms with Crippen LogP contribution in [-0.4, -0.2) is 95.6 Å². The summed E-state index contributed by atoms with van der Waals surface area (Å²) in [4.78, 5) is 26.2. The van der Waals surface area contributed by atoms with Crippen molar-refractivity contribution < 1.29 is 61.7 Å². The van der Waals surface area contributed by atoms with Crippen LogP contribution in [0.5, 0.6) is 0 Å². The monoisotopic (exact) mass is 668 g/mol. The summed E-state index contributed by atoms with van der Waals surface area (Å²) >= 11 is 0. The predicted octanol–water partition coefficient (Wildman–Crippen LogP) is 6.20. The smallest absolute Gasteiger partial charge is 0.404 e. The van der Waals surface area contributed by atoms with E-state index in [0.717, 1.165) is 32.1 Å². The normalized spacial score (nSPS) is 13.2. The molecule has 0 spiro atoms. The van der Waals surface area contributed by atoms with Crippen molar-refractivity contribution in [1.29, 1.82) is 0 Å². The van der Waals surface area contributed by atoms with Crippen LogP contribution in [-0.2, 0) is 61.7 Å². The molecule has 0 fully saturated rings. The van der Waals surface area contributed by atoms with Crippen molar-refractivity contribution in [1.82, 2.24) is 0 Å². The summed E-state index contributed by atoms with van der Waals surface area (Å²) in [6, 6.07) is 0. The van der Waals surface area contributed by atoms with Crippen molar-refractivity contribution in [2.45, 2.75) is 144 Å². The minimum atomic E-state index is -2.12. The highest BCUT2D eigenvalue weighted by Gasteiger charge is 2.63. The standard InChI is InChI=1S/C33H64O13/c1-10-19-23-27-44-32(40-15-6,41-16-7)33(42-17-8,43-18-9)46-29(35)25-22-21-24-28(34)45-31(38-13-4,39-14-5)30(36-12-3)37-26-20-11-2/h30H,10-27H2,1-9H3. The third-order valence-electron chi connectivity index (χ3n) is 6.33. The maximum Gasteiger partial charge on any atom is 0.416 e. The van der Waals surface area contributed by atoms with Gasteiger partial charge >= 0.3 is 29.9 Å². The summed E-state index contributed by atoms with van der Waals surface area (Å²) in [5, 5.41) is 0. The Bertz CT molecular complexity index is 746. The number of ether oxygens (including phenoxy) is 11. The first-order valence-electron chi connectivity index (χ1n) is 17.3. The van der Waals surface area contributed by atoms with E-state index in [1.54, 1.807) is 48.5 Å². The maximum atomic E-state index is 13.2. The minimum absolute atomic E-state index is 0.0204. The first-order chi connectivity index (χ1) is 22.2. The van der Waals surface area contributed by atoms with Gasteiger partial charge in [0, 0.05) is 32.7 Å². The van der Waals surface area contributed by atoms with Crippen molar-refractivity contribution >= 4 is 11.9 Å². The van der Waals surface area contributed by atoms with Gasteiger partial charge in [0.25, 0.3) is 6.29 Å². The van der Waals surface area contributed by atoms with Crippen molar-refractivity contribution in [3.63, 3.8) is 0 Å². The highest BCUT2D eigenvalue weighted by Crippen LogP contribution is 2.37. The second-order valence-electron chi connectivity index (χ2n) is 10.0. The second-order valence-corrected chi connectivity index (χ2v) is 10.0. The van der Waals surface area contributed by atoms with Crippen molar-refractivity contribution in [2.24, 2.45) is 0 Å². The molecule has 13 nitrogen and oxygen atoms in total. The molecule has 0 aromatic carbocycles. The van der Waals surface area contributed by atoms with Gasteiger partial charge in [-0.2, -0.15) is 0 Å². The summed E-state index contributed by atoms with van der Waals surface area (Å²) in [6.07, 6.45) is 3.82. The lowest BCUT2D eigenvalue weighted by atomic mass is 10.2. The van der Waals surface area contributed by atoms with E-state index in [2.05, 4.69) is 6.92 Å². The lowest BCUT2D eigenvalue weighted by Crippen LogP contribution is -2.65. The van der Waals surface area contributed by atoms with Crippen LogP contribution in [0.25, 0.3) is 0 Å². The highest BCUT2D eigenvalue weighted by molar-refractivity contribution is 5.71. The van der Waals surface area contributed by atoms with Gasteiger partial charge in [-0.15, -0.1) is 0 Å². The number of carbonyl (C=O) groups excluding carboxylic acids is 2. The molecule has 274 valence electrons. The fraction of sp³-hybridized carbons (Fsp3) is 0.939. The Labute approximate surface area is 277 Å². The van der Waals surface area contributed by atoms with Gasteiger partial charge in [-0.25, -0.2) is 0 Å². The van der Waals surface area contributed by atoms with Crippen LogP contribution in [0.1, 0.15) is 120 Å². The molecule has 46 heavy (non-hydrogen) atoms. The van der Waals surface area contributed by atoms with E-state index in [9.17, 15) is 9.59 Å². The molecule has 13 heteroatoms. The zero-order valence-electron chi connectivity index (χ0n) is 30.1. The third-order valence-corrected chi connectivity index (χ3v) is 6.33. The number of carbonyl (C=O) groups is 2. The summed E-state index contributed by atoms with van der Waals surface area (Å²) in [5.74, 6) is -7.17. The van der Waals surface area contributed by atoms with Gasteiger partial charge < -0.3 is 52.1 Å². The van der Waals surface area contributed by atoms with Crippen molar-refractivity contribution in [3.05, 3.63) is 0 Å². The Balaban J connectivity index is 5.68. The Morgan fingerprint density at radius 3 is 1.39 bits per heavy atom. The van der Waals surface area contributed by atoms with Crippen molar-refractivity contribution in [3.8, 4) is 0 Å². The molecule has 0 aliphatic heterocycles. The highest BCUT2D eigenvalue weighted by atomic mass is 17.0. The van der Waals surface area contributed by atoms with E-state index in [1.807, 2.05) is 6.92 Å². The van der Waals surface area contributed by atoms with E-state index in [1.165, 1.54) is 0 Å². The van der Waals surface area contributed by atoms with E-state index >= 15 is 0 Å². The van der Waals surface area contributed by atoms with Gasteiger partial charge in [0.2, 0.25) is 0 Å². The zero-order chi connectivity index (χ0) is 34.7. The average Bonchev–Trinajstić information content (AvgIpc) is 3.01. The lowest BCUT2D eigenvalue weighted by Gasteiger charge is -2.44. The predicted molar refractivity (Wildman–Crippen MR) is 170 cm³/mol. The molecule has 0 aliphatic carbocycles. The maximum absolute atomic E-state index is 13.2. The molecule has 0 amide bonds. The van der Waals surface area contributed by atoms with E-state index < -0.39 is 36.1 Å². The molecule has 0 rings (SSSR count). The van der Waals surface area contributed by atoms with E-state index in [0.29, 0.717) is 26.1 Å². The topological polar surface area (TPSA) is 136 Å². The summed E-state index contributed by atoms with van der Waals surface area (Å²) in [7, 11) is 0. The molecule has 0 saturated carbocycles. The molecule has 0 saturated heterocycles. The Hall–Kier alpha value is -1.42. The molecular formula is C33H64O13. The van der Waals surface area contributed by atoms with Crippen LogP contribution in [0.3, 0.4) is 0 Å². The van der Waals surface area contributed by atoms with E-state index in [4.69, 9.17) is 52.1 Å². The van der Waals surface area contributed by atoms with Crippen LogP contribution in [0, 0.1) is 0 Å². The summed E-state index contributed by atoms with van der Waals surface area (Å²) < 4.78 is 64.7. The molecule has 0 bridgehead atoms. The second kappa shape index (κ2) is 26.5. The Morgan fingerprint density at radius 2 is 0.935 bits per heavy atom. The molecule has 0 aromatic rings. The molecule has 1 atom stereocenters. The number of unbranched alkanes of at least 4 members (excludes halogenated alkanes) is 4. The SMILES string of the molecule is CCCCCOC(OCC)(OCC)C(OCC)(OCC)OC(=O)CCCCC(=O)OC(OCC)(OCC)C(OCC)OCCCC. The zero-order valence-corrected chi connectivity index (χ0v) is 30.1. The van der Waals surface area contributed by atoms with E-state index in [-0.39, 0.29) is 59.1 Å². The van der Waals surface area contributed by atoms with Crippen LogP contribution in [0.15, 0.2) is 0 Å². The first-order valence-corrected chi connectivity index (χ1v) is 17.3. The number of esters is 2. The number of hydrogen-bond donors (Lipinski definition) is 0. The van der Waals surface area contributed by atoms with Crippen LogP contribution < -0.4 is 0 Å². The third kappa shape index (κ3) is 15.2. The molecule has 0 aliphatic rings. The number of rotatable bonds is 32. The van der Waals surface area contributed by atoms with Crippen molar-refractivity contribution in [2.75, 3.05) is 59.5 Å². The average molecular weight is 669 g/mol. The summed E-state index contributed by atoms with van der Waals surface area (Å²) in [5.41, 5.74) is 0.